The standard InChI is InChI=1S/C13H15BrN2O2/c1-8-13(18)16(7-12(17)15-8)9(2)10-4-3-5-11(14)6-10/h3-6,8-9H,7H2,1-2H3,(H,15,17). The number of hydrogen-bond donors (Lipinski definition) is 1. The number of piperazine rings is 1. The summed E-state index contributed by atoms with van der Waals surface area (Å²) in [5.41, 5.74) is 1.01. The minimum absolute atomic E-state index is 0.0397. The van der Waals surface area contributed by atoms with Gasteiger partial charge in [0.2, 0.25) is 11.8 Å². The first kappa shape index (κ1) is 13.1. The highest BCUT2D eigenvalue weighted by atomic mass is 79.9. The summed E-state index contributed by atoms with van der Waals surface area (Å²) >= 11 is 3.41. The van der Waals surface area contributed by atoms with Gasteiger partial charge in [0.25, 0.3) is 0 Å². The lowest BCUT2D eigenvalue weighted by atomic mass is 10.0. The highest BCUT2D eigenvalue weighted by Gasteiger charge is 2.32. The van der Waals surface area contributed by atoms with Gasteiger partial charge in [0.1, 0.15) is 12.6 Å². The number of amides is 2. The van der Waals surface area contributed by atoms with Crippen molar-refractivity contribution in [3.8, 4) is 0 Å². The SMILES string of the molecule is CC1NC(=O)CN(C(C)c2cccc(Br)c2)C1=O. The van der Waals surface area contributed by atoms with Crippen molar-refractivity contribution >= 4 is 27.7 Å². The number of hydrogen-bond acceptors (Lipinski definition) is 2. The quantitative estimate of drug-likeness (QED) is 0.906. The molecule has 1 aliphatic rings. The van der Waals surface area contributed by atoms with E-state index in [2.05, 4.69) is 21.2 Å². The summed E-state index contributed by atoms with van der Waals surface area (Å²) in [5.74, 6) is -0.147. The van der Waals surface area contributed by atoms with Crippen LogP contribution in [0.3, 0.4) is 0 Å². The fraction of sp³-hybridized carbons (Fsp3) is 0.385. The zero-order valence-electron chi connectivity index (χ0n) is 10.3. The highest BCUT2D eigenvalue weighted by molar-refractivity contribution is 9.10. The Labute approximate surface area is 114 Å². The maximum Gasteiger partial charge on any atom is 0.245 e. The number of carbonyl (C=O) groups is 2. The van der Waals surface area contributed by atoms with Gasteiger partial charge >= 0.3 is 0 Å². The number of benzene rings is 1. The van der Waals surface area contributed by atoms with E-state index in [9.17, 15) is 9.59 Å². The summed E-state index contributed by atoms with van der Waals surface area (Å²) in [6.45, 7) is 3.77. The third kappa shape index (κ3) is 2.56. The van der Waals surface area contributed by atoms with Gasteiger partial charge in [0, 0.05) is 4.47 Å². The molecule has 1 heterocycles. The van der Waals surface area contributed by atoms with Crippen molar-refractivity contribution in [2.75, 3.05) is 6.54 Å². The van der Waals surface area contributed by atoms with Crippen LogP contribution in [0.1, 0.15) is 25.5 Å². The van der Waals surface area contributed by atoms with E-state index in [1.165, 1.54) is 0 Å². The topological polar surface area (TPSA) is 49.4 Å². The Morgan fingerprint density at radius 2 is 2.17 bits per heavy atom. The van der Waals surface area contributed by atoms with Gasteiger partial charge in [-0.1, -0.05) is 28.1 Å². The molecule has 2 amide bonds. The molecule has 1 aromatic carbocycles. The maximum atomic E-state index is 12.1. The largest absolute Gasteiger partial charge is 0.343 e. The van der Waals surface area contributed by atoms with E-state index in [1.807, 2.05) is 31.2 Å². The van der Waals surface area contributed by atoms with Gasteiger partial charge in [-0.15, -0.1) is 0 Å². The van der Waals surface area contributed by atoms with E-state index in [0.29, 0.717) is 0 Å². The summed E-state index contributed by atoms with van der Waals surface area (Å²) in [4.78, 5) is 25.2. The van der Waals surface area contributed by atoms with Crippen molar-refractivity contribution in [2.24, 2.45) is 0 Å². The molecule has 0 bridgehead atoms. The Hall–Kier alpha value is -1.36. The molecular weight excluding hydrogens is 296 g/mol. The van der Waals surface area contributed by atoms with Gasteiger partial charge < -0.3 is 10.2 Å². The first-order valence-electron chi connectivity index (χ1n) is 5.84. The number of nitrogens with zero attached hydrogens (tertiary/aromatic N) is 1. The summed E-state index contributed by atoms with van der Waals surface area (Å²) in [7, 11) is 0. The van der Waals surface area contributed by atoms with Crippen LogP contribution in [0, 0.1) is 0 Å². The molecule has 1 aliphatic heterocycles. The normalized spacial score (nSPS) is 21.7. The third-order valence-electron chi connectivity index (χ3n) is 3.14. The fourth-order valence-corrected chi connectivity index (χ4v) is 2.52. The lowest BCUT2D eigenvalue weighted by molar-refractivity contribution is -0.145. The number of halogens is 1. The second-order valence-electron chi connectivity index (χ2n) is 4.49. The van der Waals surface area contributed by atoms with Crippen LogP contribution in [0.5, 0.6) is 0 Å². The molecule has 96 valence electrons. The molecule has 1 saturated heterocycles. The van der Waals surface area contributed by atoms with Crippen LogP contribution in [0.25, 0.3) is 0 Å². The Morgan fingerprint density at radius 1 is 1.44 bits per heavy atom. The van der Waals surface area contributed by atoms with E-state index in [4.69, 9.17) is 0 Å². The van der Waals surface area contributed by atoms with E-state index in [1.54, 1.807) is 11.8 Å². The van der Waals surface area contributed by atoms with E-state index >= 15 is 0 Å². The van der Waals surface area contributed by atoms with Gasteiger partial charge in [0.05, 0.1) is 6.04 Å². The van der Waals surface area contributed by atoms with E-state index in [0.717, 1.165) is 10.0 Å². The van der Waals surface area contributed by atoms with Crippen molar-refractivity contribution in [1.82, 2.24) is 10.2 Å². The van der Waals surface area contributed by atoms with E-state index < -0.39 is 6.04 Å². The molecule has 1 N–H and O–H groups in total. The van der Waals surface area contributed by atoms with Gasteiger partial charge in [-0.05, 0) is 31.5 Å². The minimum atomic E-state index is -0.444. The molecule has 2 rings (SSSR count). The third-order valence-corrected chi connectivity index (χ3v) is 3.64. The molecule has 2 unspecified atom stereocenters. The molecule has 0 aliphatic carbocycles. The summed E-state index contributed by atoms with van der Waals surface area (Å²) in [6.07, 6.45) is 0. The zero-order chi connectivity index (χ0) is 13.3. The van der Waals surface area contributed by atoms with Crippen LogP contribution in [0.4, 0.5) is 0 Å². The predicted octanol–water partition coefficient (Wildman–Crippen LogP) is 1.86. The Balaban J connectivity index is 2.24. The van der Waals surface area contributed by atoms with Gasteiger partial charge in [-0.3, -0.25) is 9.59 Å². The number of nitrogens with one attached hydrogen (secondary N) is 1. The predicted molar refractivity (Wildman–Crippen MR) is 71.9 cm³/mol. The summed E-state index contributed by atoms with van der Waals surface area (Å²) in [5, 5.41) is 2.64. The number of carbonyl (C=O) groups excluding carboxylic acids is 2. The van der Waals surface area contributed by atoms with Crippen molar-refractivity contribution in [3.05, 3.63) is 34.3 Å². The van der Waals surface area contributed by atoms with Crippen molar-refractivity contribution in [3.63, 3.8) is 0 Å². The second-order valence-corrected chi connectivity index (χ2v) is 5.40. The smallest absolute Gasteiger partial charge is 0.245 e. The molecule has 0 saturated carbocycles. The molecule has 0 radical (unpaired) electrons. The molecule has 0 spiro atoms. The van der Waals surface area contributed by atoms with Crippen LogP contribution >= 0.6 is 15.9 Å². The van der Waals surface area contributed by atoms with Crippen LogP contribution < -0.4 is 5.32 Å². The first-order chi connectivity index (χ1) is 8.49. The monoisotopic (exact) mass is 310 g/mol. The van der Waals surface area contributed by atoms with Crippen molar-refractivity contribution in [1.29, 1.82) is 0 Å². The van der Waals surface area contributed by atoms with Crippen LogP contribution in [-0.2, 0) is 9.59 Å². The fourth-order valence-electron chi connectivity index (χ4n) is 2.10. The van der Waals surface area contributed by atoms with Crippen molar-refractivity contribution in [2.45, 2.75) is 25.9 Å². The summed E-state index contributed by atoms with van der Waals surface area (Å²) < 4.78 is 0.966. The molecule has 1 aromatic rings. The lowest BCUT2D eigenvalue weighted by Gasteiger charge is -2.35. The second kappa shape index (κ2) is 5.10. The van der Waals surface area contributed by atoms with Crippen LogP contribution in [0.15, 0.2) is 28.7 Å². The molecule has 1 fully saturated rings. The average Bonchev–Trinajstić information content (AvgIpc) is 2.33. The zero-order valence-corrected chi connectivity index (χ0v) is 11.9. The Morgan fingerprint density at radius 3 is 2.83 bits per heavy atom. The Kier molecular flexibility index (Phi) is 3.71. The molecule has 5 heteroatoms. The molecule has 18 heavy (non-hydrogen) atoms. The number of rotatable bonds is 2. The molecular formula is C13H15BrN2O2. The molecule has 0 aromatic heterocycles. The maximum absolute atomic E-state index is 12.1. The Bertz CT molecular complexity index is 490. The van der Waals surface area contributed by atoms with Gasteiger partial charge in [-0.25, -0.2) is 0 Å². The van der Waals surface area contributed by atoms with Crippen LogP contribution in [0.2, 0.25) is 0 Å². The average molecular weight is 311 g/mol. The first-order valence-corrected chi connectivity index (χ1v) is 6.63. The molecule has 2 atom stereocenters. The molecule has 4 nitrogen and oxygen atoms in total. The van der Waals surface area contributed by atoms with Crippen LogP contribution in [-0.4, -0.2) is 29.3 Å². The summed E-state index contributed by atoms with van der Waals surface area (Å²) in [6, 6.07) is 7.23. The lowest BCUT2D eigenvalue weighted by Crippen LogP contribution is -2.57. The van der Waals surface area contributed by atoms with Gasteiger partial charge in [-0.2, -0.15) is 0 Å². The van der Waals surface area contributed by atoms with Crippen molar-refractivity contribution < 1.29 is 9.59 Å². The highest BCUT2D eigenvalue weighted by Crippen LogP contribution is 2.24. The van der Waals surface area contributed by atoms with Gasteiger partial charge in [0.15, 0.2) is 0 Å². The minimum Gasteiger partial charge on any atom is -0.343 e. The van der Waals surface area contributed by atoms with E-state index in [-0.39, 0.29) is 24.4 Å².